The third-order valence-corrected chi connectivity index (χ3v) is 5.92. The summed E-state index contributed by atoms with van der Waals surface area (Å²) in [7, 11) is 1.75. The van der Waals surface area contributed by atoms with Gasteiger partial charge in [-0.1, -0.05) is 49.6 Å². The maximum atomic E-state index is 12.5. The van der Waals surface area contributed by atoms with E-state index in [2.05, 4.69) is 4.90 Å². The topological polar surface area (TPSA) is 49.9 Å². The first-order chi connectivity index (χ1) is 13.0. The van der Waals surface area contributed by atoms with E-state index in [1.54, 1.807) is 18.9 Å². The molecule has 1 aliphatic heterocycles. The Hall–Kier alpha value is -1.88. The number of nitrogens with zero attached hydrogens (tertiary/aromatic N) is 2. The second-order valence-electron chi connectivity index (χ2n) is 8.03. The average Bonchev–Trinajstić information content (AvgIpc) is 3.19. The second kappa shape index (κ2) is 9.36. The number of likely N-dealkylation sites (N-methyl/N-ethyl adjacent to an activating group) is 1. The number of carbonyl (C=O) groups excluding carboxylic acids is 2. The molecular weight excluding hydrogens is 340 g/mol. The lowest BCUT2D eigenvalue weighted by atomic mass is 9.94. The summed E-state index contributed by atoms with van der Waals surface area (Å²) in [5.41, 5.74) is 1.06. The van der Waals surface area contributed by atoms with Gasteiger partial charge < -0.3 is 9.64 Å². The molecule has 1 aromatic rings. The van der Waals surface area contributed by atoms with Gasteiger partial charge in [0.1, 0.15) is 0 Å². The number of hydrogen-bond acceptors (Lipinski definition) is 4. The molecule has 148 valence electrons. The Balaban J connectivity index is 1.46. The van der Waals surface area contributed by atoms with Crippen LogP contribution >= 0.6 is 0 Å². The van der Waals surface area contributed by atoms with E-state index in [0.29, 0.717) is 12.6 Å². The number of likely N-dealkylation sites (tertiary alicyclic amines) is 1. The van der Waals surface area contributed by atoms with Gasteiger partial charge in [0.25, 0.3) is 5.91 Å². The third-order valence-electron chi connectivity index (χ3n) is 5.92. The van der Waals surface area contributed by atoms with Gasteiger partial charge in [-0.2, -0.15) is 0 Å². The molecular formula is C22H32N2O3. The average molecular weight is 373 g/mol. The minimum Gasteiger partial charge on any atom is -0.452 e. The fourth-order valence-corrected chi connectivity index (χ4v) is 4.32. The molecule has 2 aliphatic rings. The number of amides is 1. The van der Waals surface area contributed by atoms with Gasteiger partial charge >= 0.3 is 5.97 Å². The molecule has 2 fully saturated rings. The molecule has 1 saturated carbocycles. The first-order valence-corrected chi connectivity index (χ1v) is 10.3. The van der Waals surface area contributed by atoms with Crippen LogP contribution < -0.4 is 0 Å². The van der Waals surface area contributed by atoms with Crippen molar-refractivity contribution in [3.8, 4) is 0 Å². The number of rotatable bonds is 6. The molecule has 5 nitrogen and oxygen atoms in total. The van der Waals surface area contributed by atoms with E-state index in [0.717, 1.165) is 25.1 Å². The summed E-state index contributed by atoms with van der Waals surface area (Å²) in [6, 6.07) is 10.5. The van der Waals surface area contributed by atoms with Gasteiger partial charge in [-0.15, -0.1) is 0 Å². The van der Waals surface area contributed by atoms with Gasteiger partial charge in [0, 0.05) is 26.2 Å². The molecule has 0 aromatic heterocycles. The molecule has 2 atom stereocenters. The number of esters is 1. The largest absolute Gasteiger partial charge is 0.452 e. The van der Waals surface area contributed by atoms with Crippen molar-refractivity contribution in [3.05, 3.63) is 35.9 Å². The highest BCUT2D eigenvalue weighted by Crippen LogP contribution is 2.28. The van der Waals surface area contributed by atoms with Crippen molar-refractivity contribution >= 4 is 11.9 Å². The van der Waals surface area contributed by atoms with Gasteiger partial charge in [0.15, 0.2) is 6.10 Å². The summed E-state index contributed by atoms with van der Waals surface area (Å²) in [6.07, 6.45) is 6.55. The van der Waals surface area contributed by atoms with Crippen molar-refractivity contribution < 1.29 is 14.3 Å². The number of ether oxygens (including phenoxy) is 1. The Bertz CT molecular complexity index is 628. The third kappa shape index (κ3) is 5.32. The highest BCUT2D eigenvalue weighted by Gasteiger charge is 2.35. The summed E-state index contributed by atoms with van der Waals surface area (Å²) < 4.78 is 5.53. The molecule has 0 spiro atoms. The molecule has 3 rings (SSSR count). The molecule has 1 saturated heterocycles. The quantitative estimate of drug-likeness (QED) is 0.720. The zero-order chi connectivity index (χ0) is 19.2. The van der Waals surface area contributed by atoms with Crippen LogP contribution in [0.1, 0.15) is 51.0 Å². The zero-order valence-corrected chi connectivity index (χ0v) is 16.6. The van der Waals surface area contributed by atoms with Gasteiger partial charge in [0.05, 0.1) is 5.92 Å². The second-order valence-corrected chi connectivity index (χ2v) is 8.03. The minimum atomic E-state index is -0.741. The van der Waals surface area contributed by atoms with Gasteiger partial charge in [0.2, 0.25) is 0 Å². The molecule has 5 heteroatoms. The summed E-state index contributed by atoms with van der Waals surface area (Å²) in [4.78, 5) is 29.2. The van der Waals surface area contributed by atoms with E-state index in [9.17, 15) is 9.59 Å². The Morgan fingerprint density at radius 2 is 1.85 bits per heavy atom. The predicted octanol–water partition coefficient (Wildman–Crippen LogP) is 3.23. The van der Waals surface area contributed by atoms with Crippen molar-refractivity contribution in [2.45, 2.75) is 64.1 Å². The van der Waals surface area contributed by atoms with Crippen LogP contribution in [0.5, 0.6) is 0 Å². The van der Waals surface area contributed by atoms with Crippen LogP contribution in [0.2, 0.25) is 0 Å². The van der Waals surface area contributed by atoms with Gasteiger partial charge in [-0.05, 0) is 38.3 Å². The van der Waals surface area contributed by atoms with Crippen LogP contribution in [-0.2, 0) is 20.9 Å². The first kappa shape index (κ1) is 19.9. The molecule has 1 amide bonds. The van der Waals surface area contributed by atoms with Crippen LogP contribution in [0, 0.1) is 5.92 Å². The number of carbonyl (C=O) groups is 2. The Morgan fingerprint density at radius 1 is 1.15 bits per heavy atom. The maximum absolute atomic E-state index is 12.5. The van der Waals surface area contributed by atoms with Crippen molar-refractivity contribution in [2.75, 3.05) is 20.1 Å². The van der Waals surface area contributed by atoms with Crippen LogP contribution in [0.3, 0.4) is 0 Å². The lowest BCUT2D eigenvalue weighted by Gasteiger charge is -2.31. The molecule has 0 bridgehead atoms. The van der Waals surface area contributed by atoms with Crippen molar-refractivity contribution in [1.29, 1.82) is 0 Å². The van der Waals surface area contributed by atoms with Crippen molar-refractivity contribution in [3.63, 3.8) is 0 Å². The van der Waals surface area contributed by atoms with E-state index in [1.807, 2.05) is 30.3 Å². The maximum Gasteiger partial charge on any atom is 0.311 e. The summed E-state index contributed by atoms with van der Waals surface area (Å²) in [5.74, 6) is -0.474. The Kier molecular flexibility index (Phi) is 6.89. The SMILES string of the molecule is C[C@@H](OC(=O)[C@@H]1CCN(C2CCCCC2)C1)C(=O)N(C)Cc1ccccc1. The van der Waals surface area contributed by atoms with E-state index >= 15 is 0 Å². The molecule has 0 radical (unpaired) electrons. The molecule has 1 aliphatic carbocycles. The lowest BCUT2D eigenvalue weighted by Crippen LogP contribution is -2.39. The van der Waals surface area contributed by atoms with E-state index in [1.165, 1.54) is 32.1 Å². The lowest BCUT2D eigenvalue weighted by molar-refractivity contribution is -0.161. The fourth-order valence-electron chi connectivity index (χ4n) is 4.32. The Labute approximate surface area is 162 Å². The zero-order valence-electron chi connectivity index (χ0n) is 16.6. The van der Waals surface area contributed by atoms with Crippen LogP contribution in [0.25, 0.3) is 0 Å². The Morgan fingerprint density at radius 3 is 2.56 bits per heavy atom. The smallest absolute Gasteiger partial charge is 0.311 e. The molecule has 0 unspecified atom stereocenters. The summed E-state index contributed by atoms with van der Waals surface area (Å²) in [5, 5.41) is 0. The van der Waals surface area contributed by atoms with E-state index in [-0.39, 0.29) is 17.8 Å². The fraction of sp³-hybridized carbons (Fsp3) is 0.636. The first-order valence-electron chi connectivity index (χ1n) is 10.3. The van der Waals surface area contributed by atoms with E-state index < -0.39 is 6.10 Å². The van der Waals surface area contributed by atoms with Crippen molar-refractivity contribution in [1.82, 2.24) is 9.80 Å². The number of benzene rings is 1. The monoisotopic (exact) mass is 372 g/mol. The summed E-state index contributed by atoms with van der Waals surface area (Å²) >= 11 is 0. The van der Waals surface area contributed by atoms with Crippen LogP contribution in [0.15, 0.2) is 30.3 Å². The molecule has 27 heavy (non-hydrogen) atoms. The van der Waals surface area contributed by atoms with E-state index in [4.69, 9.17) is 4.74 Å². The molecule has 1 heterocycles. The number of hydrogen-bond donors (Lipinski definition) is 0. The summed E-state index contributed by atoms with van der Waals surface area (Å²) in [6.45, 7) is 3.95. The van der Waals surface area contributed by atoms with Crippen LogP contribution in [-0.4, -0.2) is 54.0 Å². The molecule has 0 N–H and O–H groups in total. The van der Waals surface area contributed by atoms with Gasteiger partial charge in [-0.25, -0.2) is 0 Å². The van der Waals surface area contributed by atoms with Crippen LogP contribution in [0.4, 0.5) is 0 Å². The highest BCUT2D eigenvalue weighted by molar-refractivity contribution is 5.84. The normalized spacial score (nSPS) is 22.4. The predicted molar refractivity (Wildman–Crippen MR) is 105 cm³/mol. The standard InChI is InChI=1S/C22H32N2O3/c1-17(21(25)23(2)15-18-9-5-3-6-10-18)27-22(26)19-13-14-24(16-19)20-11-7-4-8-12-20/h3,5-6,9-10,17,19-20H,4,7-8,11-16H2,1-2H3/t17-,19-/m1/s1. The van der Waals surface area contributed by atoms with Gasteiger partial charge in [-0.3, -0.25) is 14.5 Å². The molecule has 1 aromatic carbocycles. The van der Waals surface area contributed by atoms with Crippen molar-refractivity contribution in [2.24, 2.45) is 5.92 Å². The minimum absolute atomic E-state index is 0.0957. The highest BCUT2D eigenvalue weighted by atomic mass is 16.5.